The maximum Gasteiger partial charge on any atom is 0.338 e. The van der Waals surface area contributed by atoms with Crippen LogP contribution in [0, 0.1) is 0 Å². The molecule has 0 amide bonds. The molecule has 3 rings (SSSR count). The van der Waals surface area contributed by atoms with Gasteiger partial charge in [-0.2, -0.15) is 0 Å². The van der Waals surface area contributed by atoms with Crippen molar-refractivity contribution in [1.82, 2.24) is 0 Å². The number of alkyl halides is 2. The fourth-order valence-corrected chi connectivity index (χ4v) is 3.02. The lowest BCUT2D eigenvalue weighted by Crippen LogP contribution is -2.57. The Morgan fingerprint density at radius 3 is 1.42 bits per heavy atom. The summed E-state index contributed by atoms with van der Waals surface area (Å²) in [6.45, 7) is -0.0460. The third kappa shape index (κ3) is 2.40. The normalized spacial score (nSPS) is 38.3. The van der Waals surface area contributed by atoms with Crippen LogP contribution in [0.2, 0.25) is 0 Å². The van der Waals surface area contributed by atoms with E-state index in [1.54, 1.807) is 0 Å². The van der Waals surface area contributed by atoms with E-state index in [1.807, 2.05) is 0 Å². The van der Waals surface area contributed by atoms with E-state index in [2.05, 4.69) is 0 Å². The first-order valence-electron chi connectivity index (χ1n) is 7.00. The summed E-state index contributed by atoms with van der Waals surface area (Å²) in [5.41, 5.74) is -10.8. The van der Waals surface area contributed by atoms with Gasteiger partial charge in [-0.15, -0.1) is 0 Å². The highest BCUT2D eigenvalue weighted by Crippen LogP contribution is 2.56. The number of epoxide rings is 2. The van der Waals surface area contributed by atoms with Gasteiger partial charge in [-0.05, 0) is 0 Å². The van der Waals surface area contributed by atoms with Crippen LogP contribution in [0.25, 0.3) is 0 Å². The Labute approximate surface area is 132 Å². The summed E-state index contributed by atoms with van der Waals surface area (Å²) in [7, 11) is 0. The quantitative estimate of drug-likeness (QED) is 0.557. The molecule has 3 aliphatic rings. The minimum Gasteiger partial charge on any atom is -0.478 e. The van der Waals surface area contributed by atoms with Crippen LogP contribution in [0.15, 0.2) is 22.8 Å². The average Bonchev–Trinajstić information content (AvgIpc) is 3.33. The van der Waals surface area contributed by atoms with Crippen molar-refractivity contribution in [2.75, 3.05) is 13.2 Å². The summed E-state index contributed by atoms with van der Waals surface area (Å²) in [5, 5.41) is 18.2. The van der Waals surface area contributed by atoms with Crippen molar-refractivity contribution < 1.29 is 46.8 Å². The predicted octanol–water partition coefficient (Wildman–Crippen LogP) is 1.61. The SMILES string of the molecule is O=C(O)C1=C(F)C(F)=C(C(=O)O)C(F)(CC2CO2)C1(F)CC1CO1. The third-order valence-corrected chi connectivity index (χ3v) is 4.30. The van der Waals surface area contributed by atoms with Gasteiger partial charge >= 0.3 is 11.9 Å². The lowest BCUT2D eigenvalue weighted by atomic mass is 9.67. The van der Waals surface area contributed by atoms with E-state index in [0.717, 1.165) is 0 Å². The van der Waals surface area contributed by atoms with Crippen LogP contribution in [-0.2, 0) is 19.1 Å². The number of ether oxygens (including phenoxy) is 2. The number of allylic oxidation sites excluding steroid dienone is 2. The summed E-state index contributed by atoms with van der Waals surface area (Å²) < 4.78 is 68.9. The topological polar surface area (TPSA) is 99.7 Å². The number of hydrogen-bond acceptors (Lipinski definition) is 4. The zero-order valence-electron chi connectivity index (χ0n) is 12.0. The largest absolute Gasteiger partial charge is 0.478 e. The number of carboxylic acid groups (broad SMARTS) is 2. The molecule has 2 aliphatic heterocycles. The van der Waals surface area contributed by atoms with Gasteiger partial charge in [-0.3, -0.25) is 0 Å². The molecule has 0 aromatic carbocycles. The summed E-state index contributed by atoms with van der Waals surface area (Å²) in [4.78, 5) is 22.6. The van der Waals surface area contributed by atoms with Gasteiger partial charge in [0, 0.05) is 12.8 Å². The summed E-state index contributed by atoms with van der Waals surface area (Å²) in [6, 6.07) is 0. The molecular formula is C14H12F4O6. The highest BCUT2D eigenvalue weighted by molar-refractivity contribution is 5.97. The molecule has 1 aliphatic carbocycles. The fourth-order valence-electron chi connectivity index (χ4n) is 3.02. The molecule has 0 saturated carbocycles. The molecule has 10 heteroatoms. The number of halogens is 4. The predicted molar refractivity (Wildman–Crippen MR) is 67.9 cm³/mol. The van der Waals surface area contributed by atoms with Crippen LogP contribution in [0.1, 0.15) is 12.8 Å². The van der Waals surface area contributed by atoms with Crippen LogP contribution in [0.5, 0.6) is 0 Å². The molecule has 0 aromatic heterocycles. The van der Waals surface area contributed by atoms with Crippen molar-refractivity contribution in [2.45, 2.75) is 36.4 Å². The third-order valence-electron chi connectivity index (χ3n) is 4.30. The summed E-state index contributed by atoms with van der Waals surface area (Å²) in [5.74, 6) is -8.89. The second kappa shape index (κ2) is 5.28. The van der Waals surface area contributed by atoms with Gasteiger partial charge in [0.05, 0.1) is 25.4 Å². The van der Waals surface area contributed by atoms with Crippen molar-refractivity contribution in [3.63, 3.8) is 0 Å². The Morgan fingerprint density at radius 2 is 1.21 bits per heavy atom. The van der Waals surface area contributed by atoms with Gasteiger partial charge in [-0.25, -0.2) is 27.2 Å². The Hall–Kier alpha value is -1.94. The van der Waals surface area contributed by atoms with Gasteiger partial charge in [-0.1, -0.05) is 0 Å². The Kier molecular flexibility index (Phi) is 3.72. The maximum absolute atomic E-state index is 15.6. The van der Waals surface area contributed by atoms with Crippen LogP contribution in [0.3, 0.4) is 0 Å². The van der Waals surface area contributed by atoms with Gasteiger partial charge in [0.1, 0.15) is 11.1 Å². The molecule has 0 bridgehead atoms. The van der Waals surface area contributed by atoms with E-state index in [4.69, 9.17) is 19.7 Å². The standard InChI is InChI=1S/C14H12F4O6/c15-9-7(11(19)20)13(17,1-5-3-23-5)14(18,2-6-4-24-6)8(10(9)16)12(21)22/h5-6H,1-4H2,(H,19,20)(H,21,22). The zero-order valence-corrected chi connectivity index (χ0v) is 12.0. The van der Waals surface area contributed by atoms with Crippen LogP contribution < -0.4 is 0 Å². The number of rotatable bonds is 6. The number of carbonyl (C=O) groups is 2. The second-order valence-electron chi connectivity index (χ2n) is 5.91. The van der Waals surface area contributed by atoms with E-state index in [-0.39, 0.29) is 13.2 Å². The van der Waals surface area contributed by atoms with Gasteiger partial charge in [0.15, 0.2) is 23.0 Å². The number of carboxylic acids is 2. The molecule has 24 heavy (non-hydrogen) atoms. The van der Waals surface area contributed by atoms with Gasteiger partial charge in [0.25, 0.3) is 0 Å². The van der Waals surface area contributed by atoms with E-state index in [1.165, 1.54) is 0 Å². The number of aliphatic carboxylic acids is 2. The monoisotopic (exact) mass is 352 g/mol. The van der Waals surface area contributed by atoms with Crippen molar-refractivity contribution in [3.8, 4) is 0 Å². The molecule has 2 fully saturated rings. The van der Waals surface area contributed by atoms with Crippen LogP contribution in [-0.4, -0.2) is 58.9 Å². The lowest BCUT2D eigenvalue weighted by molar-refractivity contribution is -0.142. The van der Waals surface area contributed by atoms with Crippen LogP contribution >= 0.6 is 0 Å². The Morgan fingerprint density at radius 1 is 0.917 bits per heavy atom. The van der Waals surface area contributed by atoms with E-state index >= 15 is 8.78 Å². The van der Waals surface area contributed by atoms with Crippen LogP contribution in [0.4, 0.5) is 17.6 Å². The molecule has 2 N–H and O–H groups in total. The number of hydrogen-bond donors (Lipinski definition) is 2. The van der Waals surface area contributed by atoms with Crippen molar-refractivity contribution >= 4 is 11.9 Å². The lowest BCUT2D eigenvalue weighted by Gasteiger charge is -2.42. The molecule has 4 atom stereocenters. The molecule has 4 unspecified atom stereocenters. The molecule has 0 aromatic rings. The maximum atomic E-state index is 15.6. The smallest absolute Gasteiger partial charge is 0.338 e. The Bertz CT molecular complexity index is 623. The van der Waals surface area contributed by atoms with Crippen molar-refractivity contribution in [2.24, 2.45) is 0 Å². The minimum atomic E-state index is -3.61. The zero-order chi connectivity index (χ0) is 17.9. The first kappa shape index (κ1) is 16.9. The summed E-state index contributed by atoms with van der Waals surface area (Å²) >= 11 is 0. The van der Waals surface area contributed by atoms with Gasteiger partial charge < -0.3 is 19.7 Å². The highest BCUT2D eigenvalue weighted by Gasteiger charge is 2.68. The van der Waals surface area contributed by atoms with Crippen molar-refractivity contribution in [3.05, 3.63) is 22.8 Å². The Balaban J connectivity index is 2.23. The van der Waals surface area contributed by atoms with E-state index in [0.29, 0.717) is 0 Å². The van der Waals surface area contributed by atoms with E-state index < -0.39 is 71.1 Å². The summed E-state index contributed by atoms with van der Waals surface area (Å²) in [6.07, 6.45) is -3.72. The molecular weight excluding hydrogens is 340 g/mol. The van der Waals surface area contributed by atoms with E-state index in [9.17, 15) is 18.4 Å². The first-order chi connectivity index (χ1) is 11.1. The molecule has 0 radical (unpaired) electrons. The second-order valence-corrected chi connectivity index (χ2v) is 5.91. The van der Waals surface area contributed by atoms with Gasteiger partial charge in [0.2, 0.25) is 0 Å². The fraction of sp³-hybridized carbons (Fsp3) is 0.571. The highest BCUT2D eigenvalue weighted by atomic mass is 19.2. The molecule has 132 valence electrons. The molecule has 6 nitrogen and oxygen atoms in total. The molecule has 0 spiro atoms. The molecule has 2 saturated heterocycles. The minimum absolute atomic E-state index is 0.0230. The molecule has 2 heterocycles. The first-order valence-corrected chi connectivity index (χ1v) is 7.00. The van der Waals surface area contributed by atoms with Crippen molar-refractivity contribution in [1.29, 1.82) is 0 Å². The average molecular weight is 352 g/mol.